The zero-order chi connectivity index (χ0) is 19.6. The number of aromatic nitrogens is 4. The summed E-state index contributed by atoms with van der Waals surface area (Å²) in [7, 11) is 0. The quantitative estimate of drug-likeness (QED) is 0.799. The molecular formula is C18H24F3N5O. The summed E-state index contributed by atoms with van der Waals surface area (Å²) in [5.41, 5.74) is -0.0389. The van der Waals surface area contributed by atoms with Crippen LogP contribution >= 0.6 is 0 Å². The Morgan fingerprint density at radius 1 is 1.37 bits per heavy atom. The molecule has 1 aliphatic carbocycles. The van der Waals surface area contributed by atoms with E-state index in [2.05, 4.69) is 15.5 Å². The Morgan fingerprint density at radius 3 is 2.78 bits per heavy atom. The van der Waals surface area contributed by atoms with Crippen LogP contribution in [-0.2, 0) is 30.4 Å². The van der Waals surface area contributed by atoms with E-state index in [1.54, 1.807) is 17.8 Å². The van der Waals surface area contributed by atoms with Crippen molar-refractivity contribution < 1.29 is 18.0 Å². The molecule has 9 heteroatoms. The molecule has 0 radical (unpaired) electrons. The molecule has 3 rings (SSSR count). The molecule has 0 unspecified atom stereocenters. The van der Waals surface area contributed by atoms with Crippen molar-refractivity contribution in [2.24, 2.45) is 5.92 Å². The van der Waals surface area contributed by atoms with E-state index in [-0.39, 0.29) is 17.4 Å². The van der Waals surface area contributed by atoms with Gasteiger partial charge in [-0.1, -0.05) is 13.8 Å². The lowest BCUT2D eigenvalue weighted by atomic mass is 10.1. The summed E-state index contributed by atoms with van der Waals surface area (Å²) < 4.78 is 42.9. The van der Waals surface area contributed by atoms with Gasteiger partial charge >= 0.3 is 6.18 Å². The first kappa shape index (κ1) is 19.4. The molecule has 0 bridgehead atoms. The molecule has 0 fully saturated rings. The molecular weight excluding hydrogens is 359 g/mol. The lowest BCUT2D eigenvalue weighted by Crippen LogP contribution is -2.36. The van der Waals surface area contributed by atoms with Gasteiger partial charge in [0.05, 0.1) is 0 Å². The average molecular weight is 383 g/mol. The minimum atomic E-state index is -4.49. The second kappa shape index (κ2) is 7.74. The Bertz CT molecular complexity index is 782. The molecule has 2 aromatic heterocycles. The van der Waals surface area contributed by atoms with Crippen molar-refractivity contribution in [3.05, 3.63) is 35.4 Å². The predicted molar refractivity (Wildman–Crippen MR) is 93.0 cm³/mol. The minimum absolute atomic E-state index is 0.139. The summed E-state index contributed by atoms with van der Waals surface area (Å²) in [6.45, 7) is 4.84. The van der Waals surface area contributed by atoms with E-state index in [4.69, 9.17) is 0 Å². The molecule has 1 N–H and O–H groups in total. The highest BCUT2D eigenvalue weighted by Gasteiger charge is 2.41. The summed E-state index contributed by atoms with van der Waals surface area (Å²) in [6, 6.07) is 1.10. The zero-order valence-corrected chi connectivity index (χ0v) is 15.5. The number of carbonyl (C=O) groups is 1. The normalized spacial score (nSPS) is 16.2. The van der Waals surface area contributed by atoms with Crippen molar-refractivity contribution in [1.29, 1.82) is 0 Å². The van der Waals surface area contributed by atoms with Crippen molar-refractivity contribution >= 4 is 5.91 Å². The molecule has 2 aromatic rings. The number of fused-ring (bicyclic) bond motifs is 1. The molecule has 0 spiro atoms. The fraction of sp³-hybridized carbons (Fsp3) is 0.611. The van der Waals surface area contributed by atoms with Gasteiger partial charge < -0.3 is 5.32 Å². The Kier molecular flexibility index (Phi) is 5.57. The van der Waals surface area contributed by atoms with Gasteiger partial charge in [-0.05, 0) is 37.7 Å². The van der Waals surface area contributed by atoms with Crippen LogP contribution in [0.4, 0.5) is 13.2 Å². The van der Waals surface area contributed by atoms with Crippen molar-refractivity contribution in [2.45, 2.75) is 58.3 Å². The second-order valence-electron chi connectivity index (χ2n) is 7.07. The van der Waals surface area contributed by atoms with Crippen molar-refractivity contribution in [1.82, 2.24) is 24.9 Å². The summed E-state index contributed by atoms with van der Waals surface area (Å²) in [4.78, 5) is 12.7. The monoisotopic (exact) mass is 383 g/mol. The van der Waals surface area contributed by atoms with Crippen LogP contribution in [0.5, 0.6) is 0 Å². The van der Waals surface area contributed by atoms with Gasteiger partial charge in [0, 0.05) is 36.7 Å². The summed E-state index contributed by atoms with van der Waals surface area (Å²) in [5.74, 6) is -0.156. The maximum absolute atomic E-state index is 13.3. The lowest BCUT2D eigenvalue weighted by molar-refractivity contribution is -0.142. The summed E-state index contributed by atoms with van der Waals surface area (Å²) in [6.07, 6.45) is 0.974. The van der Waals surface area contributed by atoms with E-state index >= 15 is 0 Å². The molecule has 148 valence electrons. The van der Waals surface area contributed by atoms with Crippen molar-refractivity contribution in [3.63, 3.8) is 0 Å². The van der Waals surface area contributed by atoms with Gasteiger partial charge in [0.25, 0.3) is 0 Å². The molecule has 27 heavy (non-hydrogen) atoms. The van der Waals surface area contributed by atoms with Crippen molar-refractivity contribution in [3.8, 4) is 0 Å². The van der Waals surface area contributed by atoms with Gasteiger partial charge in [0.1, 0.15) is 6.04 Å². The first-order valence-electron chi connectivity index (χ1n) is 9.23. The van der Waals surface area contributed by atoms with Gasteiger partial charge in [-0.25, -0.2) is 0 Å². The van der Waals surface area contributed by atoms with Gasteiger partial charge in [-0.15, -0.1) is 0 Å². The molecule has 2 atom stereocenters. The fourth-order valence-corrected chi connectivity index (χ4v) is 3.60. The number of hydrogen-bond donors (Lipinski definition) is 1. The topological polar surface area (TPSA) is 64.7 Å². The highest BCUT2D eigenvalue weighted by Crippen LogP contribution is 2.37. The van der Waals surface area contributed by atoms with Crippen LogP contribution in [0.1, 0.15) is 49.7 Å². The molecule has 0 aromatic carbocycles. The third-order valence-corrected chi connectivity index (χ3v) is 4.89. The Morgan fingerprint density at radius 2 is 2.15 bits per heavy atom. The first-order chi connectivity index (χ1) is 12.8. The van der Waals surface area contributed by atoms with Crippen LogP contribution < -0.4 is 5.32 Å². The second-order valence-corrected chi connectivity index (χ2v) is 7.07. The van der Waals surface area contributed by atoms with Crippen LogP contribution in [0.25, 0.3) is 0 Å². The molecule has 1 aliphatic rings. The Hall–Kier alpha value is -2.32. The van der Waals surface area contributed by atoms with Gasteiger partial charge in [0.2, 0.25) is 5.91 Å². The van der Waals surface area contributed by atoms with Crippen LogP contribution in [-0.4, -0.2) is 32.0 Å². The number of nitrogens with one attached hydrogen (secondary N) is 1. The molecule has 2 heterocycles. The van der Waals surface area contributed by atoms with Gasteiger partial charge in [-0.2, -0.15) is 23.4 Å². The maximum atomic E-state index is 13.3. The SMILES string of the molecule is CC[C@H](C(=O)NC[C@H](C)Cn1cccn1)n1nc(C(F)(F)F)c2c1CCC2. The third-order valence-electron chi connectivity index (χ3n) is 4.89. The minimum Gasteiger partial charge on any atom is -0.354 e. The van der Waals surface area contributed by atoms with Crippen LogP contribution in [0.2, 0.25) is 0 Å². The summed E-state index contributed by atoms with van der Waals surface area (Å²) in [5, 5.41) is 10.8. The number of hydrogen-bond acceptors (Lipinski definition) is 3. The Balaban J connectivity index is 1.70. The van der Waals surface area contributed by atoms with E-state index in [0.717, 1.165) is 0 Å². The van der Waals surface area contributed by atoms with E-state index in [9.17, 15) is 18.0 Å². The number of alkyl halides is 3. The molecule has 0 aliphatic heterocycles. The standard InChI is InChI=1S/C18H24F3N5O/c1-3-14(17(27)22-10-12(2)11-25-9-5-8-23-25)26-15-7-4-6-13(15)16(24-26)18(19,20)21/h5,8-9,12,14H,3-4,6-7,10-11H2,1-2H3,(H,22,27)/t12-,14+/m0/s1. The Labute approximate surface area is 155 Å². The van der Waals surface area contributed by atoms with Crippen LogP contribution in [0.15, 0.2) is 18.5 Å². The van der Waals surface area contributed by atoms with Gasteiger partial charge in [-0.3, -0.25) is 14.2 Å². The summed E-state index contributed by atoms with van der Waals surface area (Å²) >= 11 is 0. The van der Waals surface area contributed by atoms with E-state index in [1.807, 2.05) is 19.2 Å². The van der Waals surface area contributed by atoms with E-state index < -0.39 is 17.9 Å². The lowest BCUT2D eigenvalue weighted by Gasteiger charge is -2.20. The maximum Gasteiger partial charge on any atom is 0.435 e. The number of carbonyl (C=O) groups excluding carboxylic acids is 1. The number of nitrogens with zero attached hydrogens (tertiary/aromatic N) is 4. The first-order valence-corrected chi connectivity index (χ1v) is 9.23. The van der Waals surface area contributed by atoms with Crippen molar-refractivity contribution in [2.75, 3.05) is 6.54 Å². The van der Waals surface area contributed by atoms with Crippen LogP contribution in [0.3, 0.4) is 0 Å². The smallest absolute Gasteiger partial charge is 0.354 e. The highest BCUT2D eigenvalue weighted by molar-refractivity contribution is 5.80. The number of halogens is 3. The molecule has 6 nitrogen and oxygen atoms in total. The third kappa shape index (κ3) is 4.17. The number of amides is 1. The van der Waals surface area contributed by atoms with E-state index in [1.165, 1.54) is 4.68 Å². The zero-order valence-electron chi connectivity index (χ0n) is 15.5. The van der Waals surface area contributed by atoms with Gasteiger partial charge in [0.15, 0.2) is 5.69 Å². The molecule has 0 saturated heterocycles. The van der Waals surface area contributed by atoms with E-state index in [0.29, 0.717) is 44.5 Å². The molecule has 1 amide bonds. The number of rotatable bonds is 7. The largest absolute Gasteiger partial charge is 0.435 e. The average Bonchev–Trinajstić information content (AvgIpc) is 3.31. The molecule has 0 saturated carbocycles. The van der Waals surface area contributed by atoms with Crippen LogP contribution in [0, 0.1) is 5.92 Å². The predicted octanol–water partition coefficient (Wildman–Crippen LogP) is 2.99. The highest BCUT2D eigenvalue weighted by atomic mass is 19.4. The fourth-order valence-electron chi connectivity index (χ4n) is 3.60.